The van der Waals surface area contributed by atoms with Crippen LogP contribution in [0, 0.1) is 20.8 Å². The van der Waals surface area contributed by atoms with E-state index in [1.165, 1.54) is 0 Å². The summed E-state index contributed by atoms with van der Waals surface area (Å²) in [5, 5.41) is 4.28. The number of fused-ring (bicyclic) bond motifs is 1. The highest BCUT2D eigenvalue weighted by Gasteiger charge is 2.37. The van der Waals surface area contributed by atoms with Gasteiger partial charge in [-0.05, 0) is 44.0 Å². The first-order chi connectivity index (χ1) is 9.88. The minimum atomic E-state index is -0.461. The zero-order valence-corrected chi connectivity index (χ0v) is 12.6. The van der Waals surface area contributed by atoms with Crippen molar-refractivity contribution in [2.75, 3.05) is 4.90 Å². The van der Waals surface area contributed by atoms with Crippen molar-refractivity contribution in [1.29, 1.82) is 0 Å². The summed E-state index contributed by atoms with van der Waals surface area (Å²) in [5.74, 6) is -0.876. The Hall–Kier alpha value is -2.43. The van der Waals surface area contributed by atoms with Crippen molar-refractivity contribution < 1.29 is 9.59 Å². The molecule has 1 aliphatic rings. The molecule has 2 heterocycles. The maximum Gasteiger partial charge on any atom is 0.299 e. The van der Waals surface area contributed by atoms with E-state index >= 15 is 0 Å². The third-order valence-corrected chi connectivity index (χ3v) is 3.84. The van der Waals surface area contributed by atoms with Crippen molar-refractivity contribution in [1.82, 2.24) is 9.78 Å². The molecule has 0 aliphatic carbocycles. The maximum atomic E-state index is 12.3. The van der Waals surface area contributed by atoms with Crippen LogP contribution in [0.3, 0.4) is 0 Å². The van der Waals surface area contributed by atoms with Crippen molar-refractivity contribution in [2.24, 2.45) is 7.05 Å². The molecule has 0 atom stereocenters. The summed E-state index contributed by atoms with van der Waals surface area (Å²) in [6.07, 6.45) is 0. The van der Waals surface area contributed by atoms with Crippen LogP contribution in [-0.2, 0) is 18.4 Å². The quantitative estimate of drug-likeness (QED) is 0.793. The molecule has 1 aliphatic heterocycles. The first-order valence-corrected chi connectivity index (χ1v) is 6.85. The van der Waals surface area contributed by atoms with E-state index in [4.69, 9.17) is 0 Å². The van der Waals surface area contributed by atoms with Gasteiger partial charge in [0.2, 0.25) is 0 Å². The number of nitrogens with zero attached hydrogens (tertiary/aromatic N) is 3. The fraction of sp³-hybridized carbons (Fsp3) is 0.312. The number of carbonyl (C=O) groups is 2. The van der Waals surface area contributed by atoms with Gasteiger partial charge in [-0.2, -0.15) is 5.10 Å². The lowest BCUT2D eigenvalue weighted by molar-refractivity contribution is -0.114. The number of ketones is 1. The van der Waals surface area contributed by atoms with E-state index in [0.717, 1.165) is 22.5 Å². The van der Waals surface area contributed by atoms with Crippen LogP contribution in [0.1, 0.15) is 32.9 Å². The molecule has 0 saturated heterocycles. The topological polar surface area (TPSA) is 55.2 Å². The van der Waals surface area contributed by atoms with Gasteiger partial charge in [-0.25, -0.2) is 0 Å². The molecule has 0 unspecified atom stereocenters. The summed E-state index contributed by atoms with van der Waals surface area (Å²) in [7, 11) is 1.84. The van der Waals surface area contributed by atoms with Crippen molar-refractivity contribution in [3.63, 3.8) is 0 Å². The number of hydrogen-bond donors (Lipinski definition) is 0. The van der Waals surface area contributed by atoms with Crippen LogP contribution in [0.25, 0.3) is 0 Å². The summed E-state index contributed by atoms with van der Waals surface area (Å²) in [6, 6.07) is 5.76. The second-order valence-corrected chi connectivity index (χ2v) is 5.60. The fourth-order valence-corrected chi connectivity index (χ4v) is 2.92. The SMILES string of the molecule is Cc1cc(C)c2c(c1)N(Cc1cc(C)nn1C)C(=O)C2=O. The zero-order valence-electron chi connectivity index (χ0n) is 12.6. The van der Waals surface area contributed by atoms with E-state index in [1.54, 1.807) is 9.58 Å². The van der Waals surface area contributed by atoms with Crippen LogP contribution < -0.4 is 4.90 Å². The molecule has 108 valence electrons. The fourth-order valence-electron chi connectivity index (χ4n) is 2.92. The van der Waals surface area contributed by atoms with Crippen LogP contribution >= 0.6 is 0 Å². The molecule has 2 aromatic rings. The number of hydrogen-bond acceptors (Lipinski definition) is 3. The van der Waals surface area contributed by atoms with Crippen LogP contribution in [0.5, 0.6) is 0 Å². The number of rotatable bonds is 2. The lowest BCUT2D eigenvalue weighted by Gasteiger charge is -2.17. The number of Topliss-reactive ketones (excluding diaryl/α,β-unsaturated/α-hetero) is 1. The number of carbonyl (C=O) groups excluding carboxylic acids is 2. The average Bonchev–Trinajstić information content (AvgIpc) is 2.82. The van der Waals surface area contributed by atoms with Crippen molar-refractivity contribution >= 4 is 17.4 Å². The Kier molecular flexibility index (Phi) is 2.93. The molecule has 0 fully saturated rings. The molecule has 0 saturated carbocycles. The number of anilines is 1. The molecule has 1 aromatic carbocycles. The van der Waals surface area contributed by atoms with E-state index in [-0.39, 0.29) is 0 Å². The Balaban J connectivity index is 2.07. The lowest BCUT2D eigenvalue weighted by atomic mass is 10.0. The first-order valence-electron chi connectivity index (χ1n) is 6.85. The third-order valence-electron chi connectivity index (χ3n) is 3.84. The molecule has 0 radical (unpaired) electrons. The Morgan fingerprint density at radius 2 is 1.81 bits per heavy atom. The molecule has 5 heteroatoms. The van der Waals surface area contributed by atoms with Crippen LogP contribution in [0.2, 0.25) is 0 Å². The van der Waals surface area contributed by atoms with E-state index in [1.807, 2.05) is 46.0 Å². The van der Waals surface area contributed by atoms with Crippen molar-refractivity contribution in [2.45, 2.75) is 27.3 Å². The van der Waals surface area contributed by atoms with Crippen molar-refractivity contribution in [3.8, 4) is 0 Å². The lowest BCUT2D eigenvalue weighted by Crippen LogP contribution is -2.30. The minimum Gasteiger partial charge on any atom is -0.299 e. The smallest absolute Gasteiger partial charge is 0.299 e. The summed E-state index contributed by atoms with van der Waals surface area (Å²) in [5.41, 5.74) is 4.93. The summed E-state index contributed by atoms with van der Waals surface area (Å²) >= 11 is 0. The molecule has 3 rings (SSSR count). The van der Waals surface area contributed by atoms with E-state index in [9.17, 15) is 9.59 Å². The maximum absolute atomic E-state index is 12.3. The highest BCUT2D eigenvalue weighted by atomic mass is 16.2. The van der Waals surface area contributed by atoms with Gasteiger partial charge in [0.25, 0.3) is 11.7 Å². The van der Waals surface area contributed by atoms with Crippen molar-refractivity contribution in [3.05, 3.63) is 46.3 Å². The molecule has 0 bridgehead atoms. The predicted molar refractivity (Wildman–Crippen MR) is 79.4 cm³/mol. The molecule has 0 spiro atoms. The van der Waals surface area contributed by atoms with E-state index in [0.29, 0.717) is 17.8 Å². The Morgan fingerprint density at radius 1 is 1.10 bits per heavy atom. The van der Waals surface area contributed by atoms with E-state index in [2.05, 4.69) is 5.10 Å². The number of amides is 1. The summed E-state index contributed by atoms with van der Waals surface area (Å²) < 4.78 is 1.74. The molecule has 21 heavy (non-hydrogen) atoms. The van der Waals surface area contributed by atoms with Gasteiger partial charge in [0.1, 0.15) is 0 Å². The molecular weight excluding hydrogens is 266 g/mol. The molecule has 5 nitrogen and oxygen atoms in total. The molecular formula is C16H17N3O2. The van der Waals surface area contributed by atoms with Gasteiger partial charge in [0.05, 0.1) is 29.2 Å². The largest absolute Gasteiger partial charge is 0.299 e. The van der Waals surface area contributed by atoms with Gasteiger partial charge in [0.15, 0.2) is 0 Å². The average molecular weight is 283 g/mol. The highest BCUT2D eigenvalue weighted by Crippen LogP contribution is 2.33. The molecule has 0 N–H and O–H groups in total. The van der Waals surface area contributed by atoms with Gasteiger partial charge in [-0.3, -0.25) is 19.2 Å². The highest BCUT2D eigenvalue weighted by molar-refractivity contribution is 6.52. The number of benzene rings is 1. The second kappa shape index (κ2) is 4.55. The predicted octanol–water partition coefficient (Wildman–Crippen LogP) is 2.07. The molecule has 1 amide bonds. The first kappa shape index (κ1) is 13.5. The Morgan fingerprint density at radius 3 is 2.43 bits per heavy atom. The zero-order chi connectivity index (χ0) is 15.3. The number of aromatic nitrogens is 2. The van der Waals surface area contributed by atoms with Crippen LogP contribution in [-0.4, -0.2) is 21.5 Å². The van der Waals surface area contributed by atoms with Crippen LogP contribution in [0.15, 0.2) is 18.2 Å². The van der Waals surface area contributed by atoms with Gasteiger partial charge in [-0.15, -0.1) is 0 Å². The molecule has 1 aromatic heterocycles. The van der Waals surface area contributed by atoms with Gasteiger partial charge in [0, 0.05) is 7.05 Å². The monoisotopic (exact) mass is 283 g/mol. The Labute approximate surface area is 123 Å². The van der Waals surface area contributed by atoms with Crippen LogP contribution in [0.4, 0.5) is 5.69 Å². The Bertz CT molecular complexity index is 774. The van der Waals surface area contributed by atoms with Gasteiger partial charge >= 0.3 is 0 Å². The second-order valence-electron chi connectivity index (χ2n) is 5.60. The van der Waals surface area contributed by atoms with Gasteiger partial charge in [-0.1, -0.05) is 6.07 Å². The standard InChI is InChI=1S/C16H17N3O2/c1-9-5-10(2)14-13(6-9)19(16(21)15(14)20)8-12-7-11(3)17-18(12)4/h5-7H,8H2,1-4H3. The normalized spacial score (nSPS) is 14.0. The summed E-state index contributed by atoms with van der Waals surface area (Å²) in [4.78, 5) is 26.1. The van der Waals surface area contributed by atoms with E-state index < -0.39 is 11.7 Å². The summed E-state index contributed by atoms with van der Waals surface area (Å²) in [6.45, 7) is 6.10. The minimum absolute atomic E-state index is 0.359. The van der Waals surface area contributed by atoms with Gasteiger partial charge < -0.3 is 0 Å². The number of aryl methyl sites for hydroxylation is 4. The third kappa shape index (κ3) is 2.05.